The second-order valence-corrected chi connectivity index (χ2v) is 6.62. The van der Waals surface area contributed by atoms with E-state index in [9.17, 15) is 4.79 Å². The largest absolute Gasteiger partial charge is 0.326 e. The summed E-state index contributed by atoms with van der Waals surface area (Å²) in [6.07, 6.45) is 2.65. The van der Waals surface area contributed by atoms with Crippen molar-refractivity contribution in [3.63, 3.8) is 0 Å². The van der Waals surface area contributed by atoms with Gasteiger partial charge < -0.3 is 11.1 Å². The number of anilines is 1. The molecule has 1 aromatic rings. The monoisotopic (exact) mass is 264 g/mol. The van der Waals surface area contributed by atoms with Crippen LogP contribution in [0.25, 0.3) is 0 Å². The molecule has 1 aliphatic rings. The summed E-state index contributed by atoms with van der Waals surface area (Å²) >= 11 is 1.89. The Morgan fingerprint density at radius 1 is 1.50 bits per heavy atom. The summed E-state index contributed by atoms with van der Waals surface area (Å²) in [7, 11) is 0. The van der Waals surface area contributed by atoms with Gasteiger partial charge in [-0.2, -0.15) is 0 Å². The third-order valence-electron chi connectivity index (χ3n) is 2.81. The standard InChI is InChI=1S/C14H20N2OS/c1-14(2,15)9-13(17)16-11-5-6-12-10(8-11)4-3-7-18-12/h5-6,8H,3-4,7,9,15H2,1-2H3,(H,16,17). The van der Waals surface area contributed by atoms with Crippen molar-refractivity contribution in [3.8, 4) is 0 Å². The van der Waals surface area contributed by atoms with Crippen molar-refractivity contribution in [3.05, 3.63) is 23.8 Å². The SMILES string of the molecule is CC(C)(N)CC(=O)Nc1ccc2c(c1)CCCS2. The summed E-state index contributed by atoms with van der Waals surface area (Å²) in [4.78, 5) is 13.1. The molecule has 0 spiro atoms. The maximum atomic E-state index is 11.8. The first kappa shape index (κ1) is 13.4. The number of amides is 1. The van der Waals surface area contributed by atoms with Gasteiger partial charge in [-0.05, 0) is 56.2 Å². The molecule has 98 valence electrons. The molecule has 1 aliphatic heterocycles. The van der Waals surface area contributed by atoms with E-state index in [1.54, 1.807) is 0 Å². The molecule has 0 atom stereocenters. The lowest BCUT2D eigenvalue weighted by Crippen LogP contribution is -2.36. The zero-order chi connectivity index (χ0) is 13.2. The minimum atomic E-state index is -0.464. The number of benzene rings is 1. The first-order valence-electron chi connectivity index (χ1n) is 6.28. The molecule has 0 fully saturated rings. The van der Waals surface area contributed by atoms with Crippen LogP contribution >= 0.6 is 11.8 Å². The highest BCUT2D eigenvalue weighted by molar-refractivity contribution is 7.99. The van der Waals surface area contributed by atoms with Gasteiger partial charge in [0.05, 0.1) is 0 Å². The highest BCUT2D eigenvalue weighted by Crippen LogP contribution is 2.31. The molecule has 0 unspecified atom stereocenters. The number of carbonyl (C=O) groups excluding carboxylic acids is 1. The van der Waals surface area contributed by atoms with Gasteiger partial charge in [0, 0.05) is 22.5 Å². The van der Waals surface area contributed by atoms with Gasteiger partial charge in [0.15, 0.2) is 0 Å². The molecule has 0 aliphatic carbocycles. The third kappa shape index (κ3) is 3.75. The van der Waals surface area contributed by atoms with Crippen molar-refractivity contribution in [2.24, 2.45) is 5.73 Å². The molecule has 0 saturated carbocycles. The normalized spacial score (nSPS) is 15.1. The third-order valence-corrected chi connectivity index (χ3v) is 4.01. The molecule has 0 radical (unpaired) electrons. The van der Waals surface area contributed by atoms with E-state index in [1.807, 2.05) is 31.7 Å². The number of rotatable bonds is 3. The van der Waals surface area contributed by atoms with E-state index in [-0.39, 0.29) is 5.91 Å². The van der Waals surface area contributed by atoms with Crippen LogP contribution in [0.15, 0.2) is 23.1 Å². The van der Waals surface area contributed by atoms with Crippen LogP contribution in [-0.2, 0) is 11.2 Å². The molecule has 1 heterocycles. The maximum absolute atomic E-state index is 11.8. The number of aryl methyl sites for hydroxylation is 1. The first-order valence-corrected chi connectivity index (χ1v) is 7.27. The zero-order valence-corrected chi connectivity index (χ0v) is 11.8. The molecule has 1 aromatic carbocycles. The van der Waals surface area contributed by atoms with Gasteiger partial charge in [-0.15, -0.1) is 11.8 Å². The first-order chi connectivity index (χ1) is 8.44. The van der Waals surface area contributed by atoms with Gasteiger partial charge in [-0.3, -0.25) is 4.79 Å². The summed E-state index contributed by atoms with van der Waals surface area (Å²) in [5, 5.41) is 2.92. The van der Waals surface area contributed by atoms with Crippen molar-refractivity contribution in [2.75, 3.05) is 11.1 Å². The fourth-order valence-corrected chi connectivity index (χ4v) is 3.08. The number of nitrogens with one attached hydrogen (secondary N) is 1. The van der Waals surface area contributed by atoms with E-state index in [0.717, 1.165) is 12.1 Å². The molecule has 2 rings (SSSR count). The van der Waals surface area contributed by atoms with Crippen LogP contribution in [0.1, 0.15) is 32.3 Å². The van der Waals surface area contributed by atoms with E-state index in [2.05, 4.69) is 17.4 Å². The molecule has 0 saturated heterocycles. The number of thioether (sulfide) groups is 1. The maximum Gasteiger partial charge on any atom is 0.226 e. The van der Waals surface area contributed by atoms with Crippen molar-refractivity contribution in [1.82, 2.24) is 0 Å². The highest BCUT2D eigenvalue weighted by atomic mass is 32.2. The van der Waals surface area contributed by atoms with Crippen LogP contribution in [0.5, 0.6) is 0 Å². The van der Waals surface area contributed by atoms with E-state index >= 15 is 0 Å². The highest BCUT2D eigenvalue weighted by Gasteiger charge is 2.17. The minimum Gasteiger partial charge on any atom is -0.326 e. The van der Waals surface area contributed by atoms with Crippen molar-refractivity contribution < 1.29 is 4.79 Å². The Morgan fingerprint density at radius 3 is 3.00 bits per heavy atom. The predicted octanol–water partition coefficient (Wildman–Crippen LogP) is 2.79. The van der Waals surface area contributed by atoms with Gasteiger partial charge in [-0.25, -0.2) is 0 Å². The Bertz CT molecular complexity index is 452. The number of nitrogens with two attached hydrogens (primary N) is 1. The Kier molecular flexibility index (Phi) is 3.97. The van der Waals surface area contributed by atoms with Gasteiger partial charge in [-0.1, -0.05) is 0 Å². The van der Waals surface area contributed by atoms with Crippen LogP contribution < -0.4 is 11.1 Å². The minimum absolute atomic E-state index is 0.0223. The average Bonchev–Trinajstić information content (AvgIpc) is 2.26. The molecule has 3 N–H and O–H groups in total. The number of carbonyl (C=O) groups is 1. The molecular formula is C14H20N2OS. The van der Waals surface area contributed by atoms with E-state index < -0.39 is 5.54 Å². The van der Waals surface area contributed by atoms with Crippen LogP contribution in [0.4, 0.5) is 5.69 Å². The molecule has 0 bridgehead atoms. The second-order valence-electron chi connectivity index (χ2n) is 5.49. The van der Waals surface area contributed by atoms with Crippen LogP contribution in [0.3, 0.4) is 0 Å². The van der Waals surface area contributed by atoms with Gasteiger partial charge in [0.2, 0.25) is 5.91 Å². The van der Waals surface area contributed by atoms with E-state index in [4.69, 9.17) is 5.73 Å². The number of hydrogen-bond donors (Lipinski definition) is 2. The van der Waals surface area contributed by atoms with Gasteiger partial charge >= 0.3 is 0 Å². The zero-order valence-electron chi connectivity index (χ0n) is 11.0. The molecule has 1 amide bonds. The molecule has 18 heavy (non-hydrogen) atoms. The van der Waals surface area contributed by atoms with Crippen LogP contribution in [0.2, 0.25) is 0 Å². The van der Waals surface area contributed by atoms with Crippen LogP contribution in [0, 0.1) is 0 Å². The summed E-state index contributed by atoms with van der Waals surface area (Å²) in [6.45, 7) is 3.71. The average molecular weight is 264 g/mol. The van der Waals surface area contributed by atoms with Crippen molar-refractivity contribution >= 4 is 23.4 Å². The lowest BCUT2D eigenvalue weighted by Gasteiger charge is -2.19. The smallest absolute Gasteiger partial charge is 0.226 e. The number of fused-ring (bicyclic) bond motifs is 1. The fraction of sp³-hybridized carbons (Fsp3) is 0.500. The van der Waals surface area contributed by atoms with E-state index in [0.29, 0.717) is 6.42 Å². The van der Waals surface area contributed by atoms with Crippen molar-refractivity contribution in [1.29, 1.82) is 0 Å². The molecular weight excluding hydrogens is 244 g/mol. The Morgan fingerprint density at radius 2 is 2.28 bits per heavy atom. The summed E-state index contributed by atoms with van der Waals surface area (Å²) in [5.41, 5.74) is 7.60. The molecule has 3 nitrogen and oxygen atoms in total. The van der Waals surface area contributed by atoms with Gasteiger partial charge in [0.25, 0.3) is 0 Å². The van der Waals surface area contributed by atoms with Crippen molar-refractivity contribution in [2.45, 2.75) is 43.5 Å². The van der Waals surface area contributed by atoms with E-state index in [1.165, 1.54) is 22.6 Å². The van der Waals surface area contributed by atoms with Gasteiger partial charge in [0.1, 0.15) is 0 Å². The lowest BCUT2D eigenvalue weighted by molar-refractivity contribution is -0.117. The second kappa shape index (κ2) is 5.33. The number of hydrogen-bond acceptors (Lipinski definition) is 3. The Hall–Kier alpha value is -1.00. The lowest BCUT2D eigenvalue weighted by atomic mass is 10.0. The predicted molar refractivity (Wildman–Crippen MR) is 77.0 cm³/mol. The van der Waals surface area contributed by atoms with Crippen LogP contribution in [-0.4, -0.2) is 17.2 Å². The summed E-state index contributed by atoms with van der Waals surface area (Å²) in [5.74, 6) is 1.17. The molecule has 0 aromatic heterocycles. The summed E-state index contributed by atoms with van der Waals surface area (Å²) in [6, 6.07) is 6.16. The summed E-state index contributed by atoms with van der Waals surface area (Å²) < 4.78 is 0. The molecule has 4 heteroatoms. The quantitative estimate of drug-likeness (QED) is 0.882. The fourth-order valence-electron chi connectivity index (χ4n) is 2.06. The Balaban J connectivity index is 2.04. The topological polar surface area (TPSA) is 55.1 Å². The Labute approximate surface area is 113 Å².